The minimum absolute atomic E-state index is 0.0476. The summed E-state index contributed by atoms with van der Waals surface area (Å²) in [5, 5.41) is 48.5. The fraction of sp³-hybridized carbons (Fsp3) is 0.588. The molecule has 1 fully saturated rings. The molecule has 0 aliphatic carbocycles. The Kier molecular flexibility index (Phi) is 7.18. The average molecular weight is 372 g/mol. The number of rotatable bonds is 7. The molecule has 146 valence electrons. The molecular formula is C17H24O9. The lowest BCUT2D eigenvalue weighted by molar-refractivity contribution is -0.277. The van der Waals surface area contributed by atoms with Crippen molar-refractivity contribution >= 4 is 5.97 Å². The summed E-state index contributed by atoms with van der Waals surface area (Å²) >= 11 is 0. The van der Waals surface area contributed by atoms with Crippen molar-refractivity contribution in [3.63, 3.8) is 0 Å². The summed E-state index contributed by atoms with van der Waals surface area (Å²) in [4.78, 5) is 12.2. The summed E-state index contributed by atoms with van der Waals surface area (Å²) in [7, 11) is 0. The minimum atomic E-state index is -1.62. The lowest BCUT2D eigenvalue weighted by atomic mass is 9.99. The van der Waals surface area contributed by atoms with Crippen LogP contribution in [0.4, 0.5) is 0 Å². The SMILES string of the molecule is CCCCOC(=O)c1cc(O)ccc1O[C@@H]1O[C@H](CO)[C@@H](O)[C@H](O)[C@H]1O. The minimum Gasteiger partial charge on any atom is -0.508 e. The van der Waals surface area contributed by atoms with E-state index in [4.69, 9.17) is 14.2 Å². The van der Waals surface area contributed by atoms with Crippen molar-refractivity contribution < 1.29 is 44.5 Å². The van der Waals surface area contributed by atoms with Crippen LogP contribution in [0, 0.1) is 0 Å². The molecule has 1 aromatic carbocycles. The van der Waals surface area contributed by atoms with E-state index in [2.05, 4.69) is 0 Å². The molecule has 1 saturated heterocycles. The number of hydrogen-bond acceptors (Lipinski definition) is 9. The normalized spacial score (nSPS) is 28.6. The average Bonchev–Trinajstić information content (AvgIpc) is 2.63. The Balaban J connectivity index is 2.19. The topological polar surface area (TPSA) is 146 Å². The Morgan fingerprint density at radius 1 is 1.19 bits per heavy atom. The van der Waals surface area contributed by atoms with Gasteiger partial charge in [0.05, 0.1) is 13.2 Å². The molecule has 1 aliphatic heterocycles. The number of phenols is 1. The standard InChI is InChI=1S/C17H24O9/c1-2-3-6-24-16(23)10-7-9(19)4-5-11(10)25-17-15(22)14(21)13(20)12(8-18)26-17/h4-5,7,12-15,17-22H,2-3,6,8H2,1H3/t12-,13-,14+,15-,17-/m1/s1. The lowest BCUT2D eigenvalue weighted by Crippen LogP contribution is -2.60. The van der Waals surface area contributed by atoms with Crippen LogP contribution >= 0.6 is 0 Å². The molecule has 26 heavy (non-hydrogen) atoms. The second-order valence-corrected chi connectivity index (χ2v) is 5.99. The maximum atomic E-state index is 12.2. The van der Waals surface area contributed by atoms with Crippen LogP contribution in [-0.4, -0.2) is 75.4 Å². The van der Waals surface area contributed by atoms with Crippen molar-refractivity contribution in [1.29, 1.82) is 0 Å². The zero-order chi connectivity index (χ0) is 19.3. The number of carbonyl (C=O) groups excluding carboxylic acids is 1. The molecule has 2 rings (SSSR count). The molecule has 0 amide bonds. The van der Waals surface area contributed by atoms with E-state index in [0.717, 1.165) is 12.5 Å². The summed E-state index contributed by atoms with van der Waals surface area (Å²) in [6.45, 7) is 1.53. The molecule has 1 heterocycles. The van der Waals surface area contributed by atoms with Gasteiger partial charge in [0, 0.05) is 0 Å². The van der Waals surface area contributed by atoms with Crippen LogP contribution in [0.15, 0.2) is 18.2 Å². The van der Waals surface area contributed by atoms with Crippen LogP contribution in [0.2, 0.25) is 0 Å². The van der Waals surface area contributed by atoms with Crippen LogP contribution in [0.5, 0.6) is 11.5 Å². The largest absolute Gasteiger partial charge is 0.508 e. The molecule has 0 unspecified atom stereocenters. The highest BCUT2D eigenvalue weighted by Crippen LogP contribution is 2.29. The summed E-state index contributed by atoms with van der Waals surface area (Å²) in [5.41, 5.74) is -0.0851. The molecule has 0 aromatic heterocycles. The lowest BCUT2D eigenvalue weighted by Gasteiger charge is -2.39. The van der Waals surface area contributed by atoms with Gasteiger partial charge in [-0.15, -0.1) is 0 Å². The van der Waals surface area contributed by atoms with E-state index in [1.54, 1.807) is 0 Å². The highest BCUT2D eigenvalue weighted by molar-refractivity contribution is 5.93. The molecule has 1 aliphatic rings. The fourth-order valence-corrected chi connectivity index (χ4v) is 2.46. The molecule has 9 nitrogen and oxygen atoms in total. The van der Waals surface area contributed by atoms with Gasteiger partial charge < -0.3 is 39.7 Å². The molecule has 1 aromatic rings. The first kappa shape index (κ1) is 20.4. The van der Waals surface area contributed by atoms with Gasteiger partial charge >= 0.3 is 5.97 Å². The van der Waals surface area contributed by atoms with E-state index in [0.29, 0.717) is 6.42 Å². The molecule has 5 N–H and O–H groups in total. The maximum absolute atomic E-state index is 12.2. The summed E-state index contributed by atoms with van der Waals surface area (Å²) in [5.74, 6) is -0.962. The molecule has 0 bridgehead atoms. The number of aliphatic hydroxyl groups is 4. The molecular weight excluding hydrogens is 348 g/mol. The third-order valence-electron chi connectivity index (χ3n) is 4.01. The molecule has 0 spiro atoms. The van der Waals surface area contributed by atoms with Gasteiger partial charge in [0.15, 0.2) is 0 Å². The number of aliphatic hydroxyl groups excluding tert-OH is 4. The fourth-order valence-electron chi connectivity index (χ4n) is 2.46. The van der Waals surface area contributed by atoms with Crippen molar-refractivity contribution in [3.8, 4) is 11.5 Å². The Morgan fingerprint density at radius 2 is 1.92 bits per heavy atom. The highest BCUT2D eigenvalue weighted by Gasteiger charge is 2.45. The second-order valence-electron chi connectivity index (χ2n) is 5.99. The summed E-state index contributed by atoms with van der Waals surface area (Å²) < 4.78 is 15.8. The quantitative estimate of drug-likeness (QED) is 0.316. The highest BCUT2D eigenvalue weighted by atomic mass is 16.7. The first-order chi connectivity index (χ1) is 12.4. The first-order valence-electron chi connectivity index (χ1n) is 8.36. The maximum Gasteiger partial charge on any atom is 0.342 e. The van der Waals surface area contributed by atoms with Gasteiger partial charge in [0.1, 0.15) is 41.5 Å². The van der Waals surface area contributed by atoms with Gasteiger partial charge in [-0.3, -0.25) is 0 Å². The number of esters is 1. The number of unbranched alkanes of at least 4 members (excludes halogenated alkanes) is 1. The second kappa shape index (κ2) is 9.15. The van der Waals surface area contributed by atoms with Crippen LogP contribution in [0.25, 0.3) is 0 Å². The zero-order valence-electron chi connectivity index (χ0n) is 14.3. The van der Waals surface area contributed by atoms with Gasteiger partial charge in [-0.05, 0) is 24.6 Å². The third-order valence-corrected chi connectivity index (χ3v) is 4.01. The van der Waals surface area contributed by atoms with E-state index >= 15 is 0 Å². The van der Waals surface area contributed by atoms with Gasteiger partial charge in [-0.1, -0.05) is 13.3 Å². The molecule has 9 heteroatoms. The predicted octanol–water partition coefficient (Wildman–Crippen LogP) is -0.472. The van der Waals surface area contributed by atoms with Crippen LogP contribution < -0.4 is 4.74 Å². The number of hydrogen-bond donors (Lipinski definition) is 5. The van der Waals surface area contributed by atoms with Gasteiger partial charge in [-0.2, -0.15) is 0 Å². The van der Waals surface area contributed by atoms with Crippen molar-refractivity contribution in [2.24, 2.45) is 0 Å². The number of benzene rings is 1. The number of carbonyl (C=O) groups is 1. The number of aromatic hydroxyl groups is 1. The van der Waals surface area contributed by atoms with Gasteiger partial charge in [-0.25, -0.2) is 4.79 Å². The van der Waals surface area contributed by atoms with E-state index < -0.39 is 43.3 Å². The van der Waals surface area contributed by atoms with Crippen molar-refractivity contribution in [3.05, 3.63) is 23.8 Å². The van der Waals surface area contributed by atoms with Crippen LogP contribution in [0.3, 0.4) is 0 Å². The van der Waals surface area contributed by atoms with Crippen molar-refractivity contribution in [2.45, 2.75) is 50.5 Å². The molecule has 5 atom stereocenters. The Bertz CT molecular complexity index is 604. The van der Waals surface area contributed by atoms with Crippen molar-refractivity contribution in [1.82, 2.24) is 0 Å². The van der Waals surface area contributed by atoms with E-state index in [1.807, 2.05) is 6.92 Å². The Morgan fingerprint density at radius 3 is 2.58 bits per heavy atom. The van der Waals surface area contributed by atoms with E-state index in [1.165, 1.54) is 12.1 Å². The zero-order valence-corrected chi connectivity index (χ0v) is 14.3. The molecule has 0 radical (unpaired) electrons. The summed E-state index contributed by atoms with van der Waals surface area (Å²) in [6.07, 6.45) is -5.83. The van der Waals surface area contributed by atoms with Crippen molar-refractivity contribution in [2.75, 3.05) is 13.2 Å². The van der Waals surface area contributed by atoms with E-state index in [-0.39, 0.29) is 23.7 Å². The summed E-state index contributed by atoms with van der Waals surface area (Å²) in [6, 6.07) is 3.70. The van der Waals surface area contributed by atoms with Gasteiger partial charge in [0.25, 0.3) is 0 Å². The van der Waals surface area contributed by atoms with Crippen LogP contribution in [-0.2, 0) is 9.47 Å². The van der Waals surface area contributed by atoms with Crippen LogP contribution in [0.1, 0.15) is 30.1 Å². The number of phenolic OH excluding ortho intramolecular Hbond substituents is 1. The smallest absolute Gasteiger partial charge is 0.342 e. The Hall–Kier alpha value is -1.91. The van der Waals surface area contributed by atoms with Gasteiger partial charge in [0.2, 0.25) is 6.29 Å². The van der Waals surface area contributed by atoms with E-state index in [9.17, 15) is 30.3 Å². The third kappa shape index (κ3) is 4.63. The predicted molar refractivity (Wildman–Crippen MR) is 87.7 cm³/mol. The monoisotopic (exact) mass is 372 g/mol. The first-order valence-corrected chi connectivity index (χ1v) is 8.36. The number of ether oxygens (including phenoxy) is 3. The Labute approximate surface area is 150 Å². The molecule has 0 saturated carbocycles.